The molecule has 10 nitrogen and oxygen atoms in total. The van der Waals surface area contributed by atoms with Crippen molar-refractivity contribution in [2.24, 2.45) is 5.92 Å². The number of ether oxygens (including phenoxy) is 2. The third kappa shape index (κ3) is 11.5. The standard InChI is InChI=1S/C23H37N3O7S/c1-18(2)10-8-6-7-9-11-22(27)24-17-19-12-13-20(21(16-19)32-5)33-23(28)25(3)14-15-26(4)34(29,30)31/h8,10,12-13,16,18H,6-7,9,11,14-15,17H2,1-5H3,(H,24,27)(H,29,30,31)/b10-8+. The molecule has 11 heteroatoms. The first-order valence-electron chi connectivity index (χ1n) is 11.2. The van der Waals surface area contributed by atoms with E-state index >= 15 is 0 Å². The summed E-state index contributed by atoms with van der Waals surface area (Å²) in [5, 5.41) is 2.87. The minimum absolute atomic E-state index is 0.00949. The minimum atomic E-state index is -4.32. The van der Waals surface area contributed by atoms with Gasteiger partial charge in [0.05, 0.1) is 7.11 Å². The molecule has 1 aromatic carbocycles. The molecule has 1 aromatic rings. The number of carbonyl (C=O) groups is 2. The Bertz CT molecular complexity index is 932. The summed E-state index contributed by atoms with van der Waals surface area (Å²) in [5.41, 5.74) is 0.785. The molecule has 0 saturated heterocycles. The zero-order valence-electron chi connectivity index (χ0n) is 20.6. The van der Waals surface area contributed by atoms with E-state index < -0.39 is 16.4 Å². The predicted octanol–water partition coefficient (Wildman–Crippen LogP) is 3.25. The average Bonchev–Trinajstić information content (AvgIpc) is 2.77. The van der Waals surface area contributed by atoms with Gasteiger partial charge in [-0.05, 0) is 42.9 Å². The monoisotopic (exact) mass is 499 g/mol. The Morgan fingerprint density at radius 2 is 1.85 bits per heavy atom. The number of carbonyl (C=O) groups excluding carboxylic acids is 2. The van der Waals surface area contributed by atoms with Crippen molar-refractivity contribution < 1.29 is 32.0 Å². The van der Waals surface area contributed by atoms with Crippen LogP contribution in [0, 0.1) is 5.92 Å². The lowest BCUT2D eigenvalue weighted by molar-refractivity contribution is -0.121. The first-order chi connectivity index (χ1) is 15.9. The number of hydrogen-bond donors (Lipinski definition) is 2. The highest BCUT2D eigenvalue weighted by molar-refractivity contribution is 7.83. The van der Waals surface area contributed by atoms with Gasteiger partial charge in [-0.25, -0.2) is 4.79 Å². The van der Waals surface area contributed by atoms with Gasteiger partial charge in [-0.2, -0.15) is 12.7 Å². The summed E-state index contributed by atoms with van der Waals surface area (Å²) in [6.45, 7) is 4.48. The predicted molar refractivity (Wildman–Crippen MR) is 130 cm³/mol. The van der Waals surface area contributed by atoms with Gasteiger partial charge in [0.25, 0.3) is 0 Å². The van der Waals surface area contributed by atoms with Gasteiger partial charge in [0.2, 0.25) is 5.91 Å². The summed E-state index contributed by atoms with van der Waals surface area (Å²) in [6.07, 6.45) is 6.81. The molecule has 0 aromatic heterocycles. The molecule has 0 aliphatic rings. The number of nitrogens with one attached hydrogen (secondary N) is 1. The van der Waals surface area contributed by atoms with Crippen LogP contribution in [0.25, 0.3) is 0 Å². The summed E-state index contributed by atoms with van der Waals surface area (Å²) in [7, 11) is -0.246. The molecule has 0 bridgehead atoms. The molecule has 0 aliphatic heterocycles. The van der Waals surface area contributed by atoms with Crippen molar-refractivity contribution in [3.05, 3.63) is 35.9 Å². The van der Waals surface area contributed by atoms with Crippen molar-refractivity contribution in [3.8, 4) is 11.5 Å². The van der Waals surface area contributed by atoms with E-state index in [1.54, 1.807) is 18.2 Å². The molecule has 2 amide bonds. The third-order valence-electron chi connectivity index (χ3n) is 4.92. The number of nitrogens with zero attached hydrogens (tertiary/aromatic N) is 2. The second-order valence-electron chi connectivity index (χ2n) is 8.27. The molecule has 0 fully saturated rings. The van der Waals surface area contributed by atoms with Gasteiger partial charge < -0.3 is 19.7 Å². The first-order valence-corrected chi connectivity index (χ1v) is 12.6. The quantitative estimate of drug-likeness (QED) is 0.229. The zero-order chi connectivity index (χ0) is 25.7. The van der Waals surface area contributed by atoms with Crippen molar-refractivity contribution in [2.45, 2.75) is 46.1 Å². The fourth-order valence-electron chi connectivity index (χ4n) is 2.78. The Morgan fingerprint density at radius 3 is 2.47 bits per heavy atom. The molecule has 2 N–H and O–H groups in total. The number of hydrogen-bond acceptors (Lipinski definition) is 6. The Kier molecular flexibility index (Phi) is 12.6. The smallest absolute Gasteiger partial charge is 0.415 e. The van der Waals surface area contributed by atoms with Crippen LogP contribution in [0.15, 0.2) is 30.4 Å². The third-order valence-corrected chi connectivity index (χ3v) is 5.89. The largest absolute Gasteiger partial charge is 0.493 e. The van der Waals surface area contributed by atoms with E-state index in [0.29, 0.717) is 28.9 Å². The van der Waals surface area contributed by atoms with Crippen LogP contribution in [0.5, 0.6) is 11.5 Å². The maximum Gasteiger partial charge on any atom is 0.415 e. The van der Waals surface area contributed by atoms with Gasteiger partial charge in [0, 0.05) is 40.2 Å². The molecule has 1 rings (SSSR count). The SMILES string of the molecule is COc1cc(CNC(=O)CCCC/C=C/C(C)C)ccc1OC(=O)N(C)CCN(C)S(=O)(=O)O. The van der Waals surface area contributed by atoms with Crippen molar-refractivity contribution >= 4 is 22.3 Å². The fourth-order valence-corrected chi connectivity index (χ4v) is 3.09. The van der Waals surface area contributed by atoms with E-state index in [9.17, 15) is 18.0 Å². The molecular weight excluding hydrogens is 462 g/mol. The number of methoxy groups -OCH3 is 1. The molecule has 192 valence electrons. The molecule has 0 radical (unpaired) electrons. The van der Waals surface area contributed by atoms with Gasteiger partial charge in [0.15, 0.2) is 11.5 Å². The van der Waals surface area contributed by atoms with Gasteiger partial charge in [0.1, 0.15) is 0 Å². The highest BCUT2D eigenvalue weighted by Crippen LogP contribution is 2.28. The van der Waals surface area contributed by atoms with Crippen LogP contribution in [0.4, 0.5) is 4.79 Å². The Labute approximate surface area is 202 Å². The second-order valence-corrected chi connectivity index (χ2v) is 9.79. The molecule has 0 spiro atoms. The molecule has 0 atom stereocenters. The fraction of sp³-hybridized carbons (Fsp3) is 0.565. The van der Waals surface area contributed by atoms with Gasteiger partial charge in [-0.15, -0.1) is 0 Å². The van der Waals surface area contributed by atoms with Crippen LogP contribution in [-0.2, 0) is 21.6 Å². The van der Waals surface area contributed by atoms with Crippen LogP contribution < -0.4 is 14.8 Å². The van der Waals surface area contributed by atoms with E-state index in [-0.39, 0.29) is 24.7 Å². The van der Waals surface area contributed by atoms with Crippen LogP contribution in [0.3, 0.4) is 0 Å². The zero-order valence-corrected chi connectivity index (χ0v) is 21.4. The number of likely N-dealkylation sites (N-methyl/N-ethyl adjacent to an activating group) is 2. The summed E-state index contributed by atoms with van der Waals surface area (Å²) in [6, 6.07) is 4.96. The molecule has 0 heterocycles. The number of unbranched alkanes of at least 4 members (excludes halogenated alkanes) is 2. The first kappa shape index (κ1) is 29.4. The highest BCUT2D eigenvalue weighted by Gasteiger charge is 2.18. The molecule has 0 aliphatic carbocycles. The molecule has 0 saturated carbocycles. The maximum atomic E-state index is 12.3. The number of rotatable bonds is 14. The average molecular weight is 500 g/mol. The molecule has 0 unspecified atom stereocenters. The maximum absolute atomic E-state index is 12.3. The van der Waals surface area contributed by atoms with Crippen molar-refractivity contribution in [2.75, 3.05) is 34.3 Å². The van der Waals surface area contributed by atoms with Crippen molar-refractivity contribution in [1.29, 1.82) is 0 Å². The topological polar surface area (TPSA) is 125 Å². The molecular formula is C23H37N3O7S. The van der Waals surface area contributed by atoms with E-state index in [4.69, 9.17) is 14.0 Å². The summed E-state index contributed by atoms with van der Waals surface area (Å²) < 4.78 is 42.4. The lowest BCUT2D eigenvalue weighted by Gasteiger charge is -2.20. The number of allylic oxidation sites excluding steroid dienone is 2. The van der Waals surface area contributed by atoms with Crippen molar-refractivity contribution in [3.63, 3.8) is 0 Å². The normalized spacial score (nSPS) is 11.8. The van der Waals surface area contributed by atoms with E-state index in [0.717, 1.165) is 24.8 Å². The van der Waals surface area contributed by atoms with E-state index in [1.165, 1.54) is 26.1 Å². The van der Waals surface area contributed by atoms with Gasteiger partial charge in [-0.3, -0.25) is 9.35 Å². The Balaban J connectivity index is 2.52. The van der Waals surface area contributed by atoms with Gasteiger partial charge >= 0.3 is 16.4 Å². The van der Waals surface area contributed by atoms with Crippen molar-refractivity contribution in [1.82, 2.24) is 14.5 Å². The van der Waals surface area contributed by atoms with Crippen LogP contribution in [0.2, 0.25) is 0 Å². The second kappa shape index (κ2) is 14.6. The summed E-state index contributed by atoms with van der Waals surface area (Å²) in [5.74, 6) is 1.02. The van der Waals surface area contributed by atoms with Crippen LogP contribution >= 0.6 is 0 Å². The number of amides is 2. The van der Waals surface area contributed by atoms with Gasteiger partial charge in [-0.1, -0.05) is 32.1 Å². The lowest BCUT2D eigenvalue weighted by Crippen LogP contribution is -2.38. The minimum Gasteiger partial charge on any atom is -0.493 e. The Morgan fingerprint density at radius 1 is 1.15 bits per heavy atom. The van der Waals surface area contributed by atoms with Crippen LogP contribution in [0.1, 0.15) is 45.1 Å². The lowest BCUT2D eigenvalue weighted by atomic mass is 10.1. The summed E-state index contributed by atoms with van der Waals surface area (Å²) >= 11 is 0. The summed E-state index contributed by atoms with van der Waals surface area (Å²) in [4.78, 5) is 25.6. The van der Waals surface area contributed by atoms with E-state index in [2.05, 4.69) is 31.3 Å². The number of benzene rings is 1. The van der Waals surface area contributed by atoms with Crippen LogP contribution in [-0.4, -0.2) is 68.5 Å². The molecule has 34 heavy (non-hydrogen) atoms. The highest BCUT2D eigenvalue weighted by atomic mass is 32.2. The van der Waals surface area contributed by atoms with E-state index in [1.807, 2.05) is 0 Å². The Hall–Kier alpha value is -2.63.